The summed E-state index contributed by atoms with van der Waals surface area (Å²) in [6, 6.07) is 8.17. The second kappa shape index (κ2) is 13.5. The minimum absolute atomic E-state index is 0.0413. The predicted octanol–water partition coefficient (Wildman–Crippen LogP) is 3.27. The Morgan fingerprint density at radius 2 is 2.07 bits per heavy atom. The van der Waals surface area contributed by atoms with Crippen molar-refractivity contribution in [3.63, 3.8) is 0 Å². The van der Waals surface area contributed by atoms with Crippen molar-refractivity contribution >= 4 is 47.0 Å². The highest BCUT2D eigenvalue weighted by molar-refractivity contribution is 8.01. The van der Waals surface area contributed by atoms with Crippen molar-refractivity contribution in [3.05, 3.63) is 47.5 Å². The van der Waals surface area contributed by atoms with Gasteiger partial charge in [0.05, 0.1) is 23.2 Å². The van der Waals surface area contributed by atoms with E-state index in [2.05, 4.69) is 18.4 Å². The number of carboxylic acid groups (broad SMARTS) is 1. The van der Waals surface area contributed by atoms with E-state index in [0.717, 1.165) is 29.2 Å². The summed E-state index contributed by atoms with van der Waals surface area (Å²) in [6.07, 6.45) is 5.62. The third kappa shape index (κ3) is 8.67. The monoisotopic (exact) mass is 470 g/mol. The molecule has 1 fully saturated rings. The number of carbonyl (C=O) groups is 2. The highest BCUT2D eigenvalue weighted by Gasteiger charge is 2.40. The van der Waals surface area contributed by atoms with Crippen LogP contribution in [-0.4, -0.2) is 68.0 Å². The highest BCUT2D eigenvalue weighted by Crippen LogP contribution is 2.34. The van der Waals surface area contributed by atoms with Crippen molar-refractivity contribution in [2.24, 2.45) is 5.92 Å². The zero-order valence-corrected chi connectivity index (χ0v) is 19.6. The van der Waals surface area contributed by atoms with Crippen molar-refractivity contribution in [2.75, 3.05) is 23.5 Å². The number of carboxylic acids is 1. The van der Waals surface area contributed by atoms with Gasteiger partial charge >= 0.3 is 5.97 Å². The third-order valence-corrected chi connectivity index (χ3v) is 7.89. The Kier molecular flexibility index (Phi) is 11.4. The number of benzene rings is 1. The van der Waals surface area contributed by atoms with Crippen LogP contribution in [0.2, 0.25) is 0 Å². The number of thioether (sulfide) groups is 3. The number of aliphatic carboxylic acids is 1. The first-order chi connectivity index (χ1) is 14.4. The fraction of sp³-hybridized carbons (Fsp3) is 0.545. The first kappa shape index (κ1) is 25.3. The van der Waals surface area contributed by atoms with Gasteiger partial charge in [-0.2, -0.15) is 23.5 Å². The number of rotatable bonds is 13. The Morgan fingerprint density at radius 3 is 2.80 bits per heavy atom. The maximum Gasteiger partial charge on any atom is 0.313 e. The average molecular weight is 471 g/mol. The summed E-state index contributed by atoms with van der Waals surface area (Å²) in [5.74, 6) is 1.43. The molecule has 0 aliphatic heterocycles. The number of hydrogen-bond donors (Lipinski definition) is 3. The molecule has 4 atom stereocenters. The molecule has 0 aromatic heterocycles. The van der Waals surface area contributed by atoms with Crippen LogP contribution in [0.5, 0.6) is 0 Å². The lowest BCUT2D eigenvalue weighted by molar-refractivity contribution is -0.133. The largest absolute Gasteiger partial charge is 0.481 e. The van der Waals surface area contributed by atoms with Gasteiger partial charge < -0.3 is 15.3 Å². The zero-order valence-electron chi connectivity index (χ0n) is 17.1. The minimum atomic E-state index is -0.818. The minimum Gasteiger partial charge on any atom is -0.481 e. The predicted molar refractivity (Wildman–Crippen MR) is 127 cm³/mol. The molecule has 0 bridgehead atoms. The van der Waals surface area contributed by atoms with E-state index in [9.17, 15) is 19.8 Å². The van der Waals surface area contributed by atoms with Crippen LogP contribution in [0.4, 0.5) is 0 Å². The number of Topliss-reactive ketones (excluding diaryl/α,β-unsaturated/α-hetero) is 1. The molecule has 0 radical (unpaired) electrons. The highest BCUT2D eigenvalue weighted by atomic mass is 32.2. The number of carbonyl (C=O) groups excluding carboxylic acids is 1. The number of hydrogen-bond acceptors (Lipinski definition) is 7. The van der Waals surface area contributed by atoms with Crippen LogP contribution in [0.15, 0.2) is 36.4 Å². The molecule has 8 heteroatoms. The van der Waals surface area contributed by atoms with Crippen LogP contribution in [0.25, 0.3) is 0 Å². The van der Waals surface area contributed by atoms with Gasteiger partial charge in [-0.3, -0.25) is 9.59 Å². The molecule has 2 rings (SSSR count). The van der Waals surface area contributed by atoms with Crippen molar-refractivity contribution in [2.45, 2.75) is 42.5 Å². The van der Waals surface area contributed by atoms with Crippen molar-refractivity contribution < 1.29 is 24.9 Å². The normalized spacial score (nSPS) is 22.6. The van der Waals surface area contributed by atoms with Crippen LogP contribution < -0.4 is 0 Å². The molecule has 3 unspecified atom stereocenters. The van der Waals surface area contributed by atoms with Crippen LogP contribution in [0.1, 0.15) is 24.0 Å². The van der Waals surface area contributed by atoms with Gasteiger partial charge in [0.15, 0.2) is 0 Å². The van der Waals surface area contributed by atoms with Crippen LogP contribution >= 0.6 is 35.3 Å². The lowest BCUT2D eigenvalue weighted by atomic mass is 10.0. The first-order valence-electron chi connectivity index (χ1n) is 9.95. The summed E-state index contributed by atoms with van der Waals surface area (Å²) in [5.41, 5.74) is 2.29. The fourth-order valence-electron chi connectivity index (χ4n) is 3.42. The molecule has 5 nitrogen and oxygen atoms in total. The van der Waals surface area contributed by atoms with Gasteiger partial charge in [0.1, 0.15) is 5.78 Å². The molecule has 1 aromatic rings. The van der Waals surface area contributed by atoms with Crippen molar-refractivity contribution in [3.8, 4) is 0 Å². The van der Waals surface area contributed by atoms with E-state index in [-0.39, 0.29) is 29.1 Å². The van der Waals surface area contributed by atoms with E-state index >= 15 is 0 Å². The summed E-state index contributed by atoms with van der Waals surface area (Å²) in [7, 11) is 0. The van der Waals surface area contributed by atoms with Crippen LogP contribution in [0, 0.1) is 5.92 Å². The molecule has 0 heterocycles. The van der Waals surface area contributed by atoms with Crippen molar-refractivity contribution in [1.82, 2.24) is 0 Å². The Labute approximate surface area is 191 Å². The van der Waals surface area contributed by atoms with Gasteiger partial charge in [-0.05, 0) is 35.3 Å². The van der Waals surface area contributed by atoms with Gasteiger partial charge in [-0.1, -0.05) is 36.4 Å². The fourth-order valence-corrected chi connectivity index (χ4v) is 6.12. The lowest BCUT2D eigenvalue weighted by Gasteiger charge is -2.17. The summed E-state index contributed by atoms with van der Waals surface area (Å²) in [5, 5.41) is 29.1. The third-order valence-electron chi connectivity index (χ3n) is 4.78. The SMILES string of the molecule is CSCc1cccc(CC(O)C=C[C@H]2C(O)CC(=O)C2SCCCSCC(=O)O)c1. The Bertz CT molecular complexity index is 724. The molecule has 1 aliphatic carbocycles. The van der Waals surface area contributed by atoms with Gasteiger partial charge in [0.25, 0.3) is 0 Å². The van der Waals surface area contributed by atoms with Gasteiger partial charge in [0, 0.05) is 24.5 Å². The van der Waals surface area contributed by atoms with E-state index in [4.69, 9.17) is 5.11 Å². The molecule has 1 aromatic carbocycles. The number of ketones is 1. The smallest absolute Gasteiger partial charge is 0.313 e. The van der Waals surface area contributed by atoms with Gasteiger partial charge in [0.2, 0.25) is 0 Å². The molecule has 0 spiro atoms. The second-order valence-electron chi connectivity index (χ2n) is 7.32. The Morgan fingerprint density at radius 1 is 1.30 bits per heavy atom. The number of aliphatic hydroxyl groups is 2. The summed E-state index contributed by atoms with van der Waals surface area (Å²) in [4.78, 5) is 22.8. The molecular weight excluding hydrogens is 440 g/mol. The molecule has 30 heavy (non-hydrogen) atoms. The average Bonchev–Trinajstić information content (AvgIpc) is 2.95. The summed E-state index contributed by atoms with van der Waals surface area (Å²) < 4.78 is 0. The standard InChI is InChI=1S/C22H30O5S3/c1-28-13-16-5-2-4-15(10-16)11-17(23)6-7-18-19(24)12-20(25)22(18)30-9-3-8-29-14-21(26)27/h2,4-7,10,17-19,22-24H,3,8-9,11-14H2,1H3,(H,26,27)/t17?,18-,19?,22?/m0/s1. The van der Waals surface area contributed by atoms with E-state index < -0.39 is 18.2 Å². The van der Waals surface area contributed by atoms with E-state index in [1.54, 1.807) is 23.9 Å². The lowest BCUT2D eigenvalue weighted by Crippen LogP contribution is -2.22. The molecule has 1 saturated carbocycles. The Balaban J connectivity index is 1.85. The summed E-state index contributed by atoms with van der Waals surface area (Å²) in [6.45, 7) is 0. The maximum atomic E-state index is 12.3. The molecule has 1 aliphatic rings. The summed E-state index contributed by atoms with van der Waals surface area (Å²) >= 11 is 4.65. The van der Waals surface area contributed by atoms with Crippen LogP contribution in [-0.2, 0) is 21.8 Å². The number of aliphatic hydroxyl groups excluding tert-OH is 2. The molecular formula is C22H30O5S3. The van der Waals surface area contributed by atoms with Crippen LogP contribution in [0.3, 0.4) is 0 Å². The quantitative estimate of drug-likeness (QED) is 0.299. The van der Waals surface area contributed by atoms with Gasteiger partial charge in [-0.25, -0.2) is 0 Å². The molecule has 0 amide bonds. The van der Waals surface area contributed by atoms with E-state index in [1.165, 1.54) is 29.1 Å². The van der Waals surface area contributed by atoms with Gasteiger partial charge in [-0.15, -0.1) is 11.8 Å². The zero-order chi connectivity index (χ0) is 21.9. The molecule has 3 N–H and O–H groups in total. The topological polar surface area (TPSA) is 94.8 Å². The maximum absolute atomic E-state index is 12.3. The molecule has 166 valence electrons. The van der Waals surface area contributed by atoms with Crippen molar-refractivity contribution in [1.29, 1.82) is 0 Å². The molecule has 0 saturated heterocycles. The van der Waals surface area contributed by atoms with E-state index in [0.29, 0.717) is 6.42 Å². The Hall–Kier alpha value is -0.930. The first-order valence-corrected chi connectivity index (χ1v) is 13.6. The van der Waals surface area contributed by atoms with E-state index in [1.807, 2.05) is 12.1 Å². The second-order valence-corrected chi connectivity index (χ2v) is 10.5.